The van der Waals surface area contributed by atoms with Crippen molar-refractivity contribution >= 4 is 43.2 Å². The SMILES string of the molecule is Cc1c(-c2cccc3c(C)c(CC(C)C)sc23)oc2c(-c3cc(C(C)(C)C)c4ccccc4c3)nccc12. The Morgan fingerprint density at radius 3 is 2.39 bits per heavy atom. The van der Waals surface area contributed by atoms with Crippen LogP contribution in [0.3, 0.4) is 0 Å². The fourth-order valence-corrected chi connectivity index (χ4v) is 7.24. The van der Waals surface area contributed by atoms with E-state index in [0.717, 1.165) is 34.4 Å². The second-order valence-corrected chi connectivity index (χ2v) is 13.1. The van der Waals surface area contributed by atoms with Crippen LogP contribution < -0.4 is 0 Å². The van der Waals surface area contributed by atoms with Crippen LogP contribution in [0.5, 0.6) is 0 Å². The van der Waals surface area contributed by atoms with Crippen molar-refractivity contribution < 1.29 is 4.42 Å². The first-order valence-electron chi connectivity index (χ1n) is 13.6. The van der Waals surface area contributed by atoms with Crippen molar-refractivity contribution in [3.8, 4) is 22.6 Å². The minimum atomic E-state index is 0.00806. The van der Waals surface area contributed by atoms with Crippen molar-refractivity contribution in [2.24, 2.45) is 5.92 Å². The van der Waals surface area contributed by atoms with Crippen molar-refractivity contribution in [1.82, 2.24) is 4.98 Å². The highest BCUT2D eigenvalue weighted by atomic mass is 32.1. The van der Waals surface area contributed by atoms with E-state index >= 15 is 0 Å². The Hall–Kier alpha value is -3.43. The van der Waals surface area contributed by atoms with Gasteiger partial charge in [-0.3, -0.25) is 4.98 Å². The molecule has 0 aliphatic carbocycles. The molecule has 0 saturated heterocycles. The van der Waals surface area contributed by atoms with Gasteiger partial charge in [0.15, 0.2) is 5.58 Å². The monoisotopic (exact) mass is 517 g/mol. The maximum Gasteiger partial charge on any atom is 0.161 e. The fourth-order valence-electron chi connectivity index (χ4n) is 5.71. The molecular formula is C35H35NOS. The number of benzene rings is 3. The number of rotatable bonds is 4. The molecule has 3 heterocycles. The number of thiophene rings is 1. The average Bonchev–Trinajstić information content (AvgIpc) is 3.38. The zero-order chi connectivity index (χ0) is 26.8. The van der Waals surface area contributed by atoms with Crippen molar-refractivity contribution in [1.29, 1.82) is 0 Å². The number of fused-ring (bicyclic) bond motifs is 3. The van der Waals surface area contributed by atoms with Crippen LogP contribution in [0.25, 0.3) is 54.4 Å². The van der Waals surface area contributed by atoms with Crippen LogP contribution >= 0.6 is 11.3 Å². The van der Waals surface area contributed by atoms with Crippen molar-refractivity contribution in [3.63, 3.8) is 0 Å². The van der Waals surface area contributed by atoms with Gasteiger partial charge in [0.2, 0.25) is 0 Å². The number of nitrogens with zero attached hydrogens (tertiary/aromatic N) is 1. The van der Waals surface area contributed by atoms with E-state index in [1.807, 2.05) is 17.5 Å². The zero-order valence-electron chi connectivity index (χ0n) is 23.4. The highest BCUT2D eigenvalue weighted by Gasteiger charge is 2.23. The standard InChI is InChI=1S/C35H35NOS/c1-20(2)17-30-21(3)26-13-10-14-28(34(26)38-30)32-22(4)25-15-16-36-31(33(25)37-32)24-18-23-11-8-9-12-27(23)29(19-24)35(5,6)7/h8-16,18-20H,17H2,1-7H3. The van der Waals surface area contributed by atoms with Gasteiger partial charge in [-0.25, -0.2) is 0 Å². The molecule has 2 nitrogen and oxygen atoms in total. The summed E-state index contributed by atoms with van der Waals surface area (Å²) < 4.78 is 8.11. The third kappa shape index (κ3) is 4.05. The number of aromatic nitrogens is 1. The van der Waals surface area contributed by atoms with Crippen LogP contribution in [0.4, 0.5) is 0 Å². The van der Waals surface area contributed by atoms with Gasteiger partial charge in [0.1, 0.15) is 11.5 Å². The molecule has 0 saturated carbocycles. The number of furan rings is 1. The normalized spacial score (nSPS) is 12.4. The molecule has 0 bridgehead atoms. The lowest BCUT2D eigenvalue weighted by atomic mass is 9.82. The van der Waals surface area contributed by atoms with E-state index in [4.69, 9.17) is 9.40 Å². The van der Waals surface area contributed by atoms with Crippen LogP contribution in [0.1, 0.15) is 56.2 Å². The Morgan fingerprint density at radius 1 is 0.868 bits per heavy atom. The largest absolute Gasteiger partial charge is 0.453 e. The van der Waals surface area contributed by atoms with E-state index in [1.54, 1.807) is 0 Å². The van der Waals surface area contributed by atoms with Crippen LogP contribution in [0.2, 0.25) is 0 Å². The first-order valence-corrected chi connectivity index (χ1v) is 14.4. The van der Waals surface area contributed by atoms with Gasteiger partial charge in [-0.15, -0.1) is 11.3 Å². The van der Waals surface area contributed by atoms with Gasteiger partial charge in [-0.05, 0) is 83.2 Å². The zero-order valence-corrected chi connectivity index (χ0v) is 24.2. The molecule has 6 rings (SSSR count). The summed E-state index contributed by atoms with van der Waals surface area (Å²) in [6.07, 6.45) is 3.03. The Bertz CT molecular complexity index is 1830. The molecule has 192 valence electrons. The predicted octanol–water partition coefficient (Wildman–Crippen LogP) is 10.6. The lowest BCUT2D eigenvalue weighted by Crippen LogP contribution is -2.12. The summed E-state index contributed by atoms with van der Waals surface area (Å²) >= 11 is 1.92. The molecular weight excluding hydrogens is 482 g/mol. The quantitative estimate of drug-likeness (QED) is 0.232. The molecule has 3 aromatic carbocycles. The topological polar surface area (TPSA) is 26.0 Å². The van der Waals surface area contributed by atoms with Gasteiger partial charge in [0.25, 0.3) is 0 Å². The first kappa shape index (κ1) is 24.9. The molecule has 0 aliphatic heterocycles. The van der Waals surface area contributed by atoms with Gasteiger partial charge in [0.05, 0.1) is 0 Å². The summed E-state index contributed by atoms with van der Waals surface area (Å²) in [5, 5.41) is 4.99. The Labute approximate surface area is 229 Å². The lowest BCUT2D eigenvalue weighted by Gasteiger charge is -2.22. The average molecular weight is 518 g/mol. The minimum absolute atomic E-state index is 0.00806. The molecule has 0 aliphatic rings. The van der Waals surface area contributed by atoms with E-state index in [1.165, 1.54) is 48.0 Å². The van der Waals surface area contributed by atoms with E-state index in [-0.39, 0.29) is 5.41 Å². The van der Waals surface area contributed by atoms with Crippen molar-refractivity contribution in [2.75, 3.05) is 0 Å². The third-order valence-corrected chi connectivity index (χ3v) is 9.06. The van der Waals surface area contributed by atoms with Crippen molar-refractivity contribution in [2.45, 2.75) is 60.3 Å². The molecule has 0 N–H and O–H groups in total. The second-order valence-electron chi connectivity index (χ2n) is 12.0. The third-order valence-electron chi connectivity index (χ3n) is 7.70. The maximum absolute atomic E-state index is 6.79. The summed E-state index contributed by atoms with van der Waals surface area (Å²) in [4.78, 5) is 6.35. The molecule has 0 amide bonds. The number of hydrogen-bond donors (Lipinski definition) is 0. The summed E-state index contributed by atoms with van der Waals surface area (Å²) in [5.74, 6) is 1.58. The van der Waals surface area contributed by atoms with Gasteiger partial charge in [0, 0.05) is 37.9 Å². The van der Waals surface area contributed by atoms with Crippen LogP contribution in [0.15, 0.2) is 71.3 Å². The predicted molar refractivity (Wildman–Crippen MR) is 164 cm³/mol. The molecule has 0 atom stereocenters. The van der Waals surface area contributed by atoms with Gasteiger partial charge in [-0.1, -0.05) is 71.0 Å². The number of hydrogen-bond acceptors (Lipinski definition) is 3. The van der Waals surface area contributed by atoms with Crippen LogP contribution in [-0.2, 0) is 11.8 Å². The summed E-state index contributed by atoms with van der Waals surface area (Å²) in [7, 11) is 0. The second kappa shape index (κ2) is 9.10. The molecule has 38 heavy (non-hydrogen) atoms. The number of aryl methyl sites for hydroxylation is 2. The number of pyridine rings is 1. The van der Waals surface area contributed by atoms with Crippen LogP contribution in [0, 0.1) is 19.8 Å². The van der Waals surface area contributed by atoms with Crippen molar-refractivity contribution in [3.05, 3.63) is 88.4 Å². The molecule has 0 unspecified atom stereocenters. The van der Waals surface area contributed by atoms with E-state index in [0.29, 0.717) is 5.92 Å². The summed E-state index contributed by atoms with van der Waals surface area (Å²) in [6.45, 7) is 15.9. The maximum atomic E-state index is 6.79. The van der Waals surface area contributed by atoms with Crippen LogP contribution in [-0.4, -0.2) is 4.98 Å². The molecule has 0 spiro atoms. The lowest BCUT2D eigenvalue weighted by molar-refractivity contribution is 0.596. The van der Waals surface area contributed by atoms with E-state index in [9.17, 15) is 0 Å². The van der Waals surface area contributed by atoms with E-state index < -0.39 is 0 Å². The molecule has 3 aromatic heterocycles. The van der Waals surface area contributed by atoms with Gasteiger partial charge >= 0.3 is 0 Å². The summed E-state index contributed by atoms with van der Waals surface area (Å²) in [5.41, 5.74) is 7.96. The first-order chi connectivity index (χ1) is 18.1. The summed E-state index contributed by atoms with van der Waals surface area (Å²) in [6, 6.07) is 21.9. The highest BCUT2D eigenvalue weighted by molar-refractivity contribution is 7.19. The Morgan fingerprint density at radius 2 is 1.63 bits per heavy atom. The fraction of sp³-hybridized carbons (Fsp3) is 0.286. The van der Waals surface area contributed by atoms with Gasteiger partial charge in [-0.2, -0.15) is 0 Å². The molecule has 0 radical (unpaired) electrons. The van der Waals surface area contributed by atoms with Gasteiger partial charge < -0.3 is 4.42 Å². The Kier molecular flexibility index (Phi) is 5.96. The van der Waals surface area contributed by atoms with E-state index in [2.05, 4.69) is 109 Å². The highest BCUT2D eigenvalue weighted by Crippen LogP contribution is 2.44. The molecule has 3 heteroatoms. The molecule has 6 aromatic rings. The Balaban J connectivity index is 1.58. The molecule has 0 fully saturated rings. The smallest absolute Gasteiger partial charge is 0.161 e. The minimum Gasteiger partial charge on any atom is -0.453 e.